The molecule has 0 aliphatic heterocycles. The van der Waals surface area contributed by atoms with Crippen LogP contribution in [0.5, 0.6) is 0 Å². The Hall–Kier alpha value is -3.45. The second-order valence-electron chi connectivity index (χ2n) is 6.97. The standard InChI is InChI=1S/C22H22N4O3/c1-15-7-6-8-16(13-15)24(2)21(27)17-14-20-22(28)25(11-12-29-3)18-9-4-5-10-19(18)26(20)23-17/h4-10,13-14H,11-12H2,1-3H3. The molecule has 2 aromatic carbocycles. The van der Waals surface area contributed by atoms with Gasteiger partial charge in [0.25, 0.3) is 11.5 Å². The quantitative estimate of drug-likeness (QED) is 0.525. The number of aryl methyl sites for hydroxylation is 1. The van der Waals surface area contributed by atoms with Gasteiger partial charge in [-0.2, -0.15) is 5.10 Å². The second-order valence-corrected chi connectivity index (χ2v) is 6.97. The highest BCUT2D eigenvalue weighted by Gasteiger charge is 2.20. The number of fused-ring (bicyclic) bond motifs is 3. The lowest BCUT2D eigenvalue weighted by atomic mass is 10.2. The van der Waals surface area contributed by atoms with Crippen molar-refractivity contribution < 1.29 is 9.53 Å². The molecule has 29 heavy (non-hydrogen) atoms. The van der Waals surface area contributed by atoms with E-state index in [1.165, 1.54) is 0 Å². The molecule has 0 unspecified atom stereocenters. The number of benzene rings is 2. The van der Waals surface area contributed by atoms with Gasteiger partial charge in [-0.3, -0.25) is 9.59 Å². The number of carbonyl (C=O) groups is 1. The normalized spacial score (nSPS) is 11.3. The number of ether oxygens (including phenoxy) is 1. The molecule has 4 aromatic rings. The summed E-state index contributed by atoms with van der Waals surface area (Å²) in [4.78, 5) is 27.7. The third-order valence-corrected chi connectivity index (χ3v) is 5.01. The minimum absolute atomic E-state index is 0.203. The third kappa shape index (κ3) is 3.30. The van der Waals surface area contributed by atoms with E-state index >= 15 is 0 Å². The Bertz CT molecular complexity index is 1270. The zero-order valence-electron chi connectivity index (χ0n) is 16.6. The van der Waals surface area contributed by atoms with E-state index < -0.39 is 0 Å². The fraction of sp³-hybridized carbons (Fsp3) is 0.227. The zero-order valence-corrected chi connectivity index (χ0v) is 16.6. The smallest absolute Gasteiger partial charge is 0.278 e. The molecular formula is C22H22N4O3. The van der Waals surface area contributed by atoms with Gasteiger partial charge >= 0.3 is 0 Å². The Labute approximate surface area is 167 Å². The number of nitrogens with zero attached hydrogens (tertiary/aromatic N) is 4. The maximum atomic E-state index is 13.1. The third-order valence-electron chi connectivity index (χ3n) is 5.01. The number of rotatable bonds is 5. The first kappa shape index (κ1) is 18.9. The van der Waals surface area contributed by atoms with Gasteiger partial charge in [-0.05, 0) is 36.8 Å². The van der Waals surface area contributed by atoms with Gasteiger partial charge in [0.15, 0.2) is 5.69 Å². The number of aromatic nitrogens is 3. The molecule has 0 fully saturated rings. The molecule has 7 heteroatoms. The van der Waals surface area contributed by atoms with Gasteiger partial charge in [-0.15, -0.1) is 0 Å². The first-order valence-corrected chi connectivity index (χ1v) is 9.36. The van der Waals surface area contributed by atoms with E-state index in [0.717, 1.165) is 22.3 Å². The predicted molar refractivity (Wildman–Crippen MR) is 113 cm³/mol. The molecular weight excluding hydrogens is 368 g/mol. The van der Waals surface area contributed by atoms with Crippen molar-refractivity contribution in [1.82, 2.24) is 14.2 Å². The molecule has 1 amide bonds. The molecule has 0 saturated carbocycles. The number of hydrogen-bond acceptors (Lipinski definition) is 4. The summed E-state index contributed by atoms with van der Waals surface area (Å²) < 4.78 is 8.37. The lowest BCUT2D eigenvalue weighted by Crippen LogP contribution is -2.26. The Morgan fingerprint density at radius 1 is 1.07 bits per heavy atom. The highest BCUT2D eigenvalue weighted by molar-refractivity contribution is 6.05. The van der Waals surface area contributed by atoms with Crippen LogP contribution in [0.1, 0.15) is 16.1 Å². The van der Waals surface area contributed by atoms with Crippen molar-refractivity contribution >= 4 is 28.1 Å². The Balaban J connectivity index is 1.85. The number of hydrogen-bond donors (Lipinski definition) is 0. The van der Waals surface area contributed by atoms with Crippen molar-refractivity contribution in [2.75, 3.05) is 25.7 Å². The van der Waals surface area contributed by atoms with E-state index in [-0.39, 0.29) is 17.2 Å². The maximum Gasteiger partial charge on any atom is 0.278 e. The van der Waals surface area contributed by atoms with E-state index in [9.17, 15) is 9.59 Å². The van der Waals surface area contributed by atoms with Gasteiger partial charge in [-0.1, -0.05) is 24.3 Å². The van der Waals surface area contributed by atoms with Crippen molar-refractivity contribution in [2.24, 2.45) is 0 Å². The van der Waals surface area contributed by atoms with Crippen LogP contribution >= 0.6 is 0 Å². The Morgan fingerprint density at radius 3 is 2.55 bits per heavy atom. The summed E-state index contributed by atoms with van der Waals surface area (Å²) in [5.74, 6) is -0.272. The first-order chi connectivity index (χ1) is 14.0. The molecule has 7 nitrogen and oxygen atoms in total. The summed E-state index contributed by atoms with van der Waals surface area (Å²) in [5.41, 5.74) is 3.72. The molecule has 0 aliphatic carbocycles. The molecule has 0 saturated heterocycles. The SMILES string of the molecule is COCCn1c(=O)c2cc(C(=O)N(C)c3cccc(C)c3)nn2c2ccccc21. The van der Waals surface area contributed by atoms with Crippen molar-refractivity contribution in [1.29, 1.82) is 0 Å². The monoisotopic (exact) mass is 390 g/mol. The number of methoxy groups -OCH3 is 1. The van der Waals surface area contributed by atoms with Crippen LogP contribution in [0.2, 0.25) is 0 Å². The molecule has 0 spiro atoms. The average molecular weight is 390 g/mol. The van der Waals surface area contributed by atoms with Gasteiger partial charge in [-0.25, -0.2) is 4.52 Å². The number of carbonyl (C=O) groups excluding carboxylic acids is 1. The molecule has 0 N–H and O–H groups in total. The molecule has 0 atom stereocenters. The number of anilines is 1. The zero-order chi connectivity index (χ0) is 20.5. The first-order valence-electron chi connectivity index (χ1n) is 9.36. The van der Waals surface area contributed by atoms with Crippen LogP contribution in [0.4, 0.5) is 5.69 Å². The minimum Gasteiger partial charge on any atom is -0.383 e. The summed E-state index contributed by atoms with van der Waals surface area (Å²) in [6, 6.07) is 16.8. The summed E-state index contributed by atoms with van der Waals surface area (Å²) in [5, 5.41) is 4.47. The van der Waals surface area contributed by atoms with Crippen LogP contribution in [0.15, 0.2) is 59.4 Å². The minimum atomic E-state index is -0.272. The maximum absolute atomic E-state index is 13.1. The van der Waals surface area contributed by atoms with Crippen molar-refractivity contribution in [3.63, 3.8) is 0 Å². The highest BCUT2D eigenvalue weighted by atomic mass is 16.5. The number of para-hydroxylation sites is 2. The second kappa shape index (κ2) is 7.52. The van der Waals surface area contributed by atoms with E-state index in [0.29, 0.717) is 18.7 Å². The van der Waals surface area contributed by atoms with Crippen LogP contribution < -0.4 is 10.5 Å². The average Bonchev–Trinajstić information content (AvgIpc) is 3.19. The topological polar surface area (TPSA) is 68.8 Å². The molecule has 0 radical (unpaired) electrons. The molecule has 148 valence electrons. The fourth-order valence-corrected chi connectivity index (χ4v) is 3.47. The molecule has 2 aromatic heterocycles. The van der Waals surface area contributed by atoms with Gasteiger partial charge in [0.2, 0.25) is 0 Å². The molecule has 0 aliphatic rings. The lowest BCUT2D eigenvalue weighted by molar-refractivity contribution is 0.0988. The Morgan fingerprint density at radius 2 is 1.83 bits per heavy atom. The summed E-state index contributed by atoms with van der Waals surface area (Å²) >= 11 is 0. The van der Waals surface area contributed by atoms with Crippen molar-refractivity contribution in [3.8, 4) is 0 Å². The van der Waals surface area contributed by atoms with E-state index in [1.54, 1.807) is 34.2 Å². The van der Waals surface area contributed by atoms with Crippen LogP contribution in [-0.2, 0) is 11.3 Å². The van der Waals surface area contributed by atoms with E-state index in [4.69, 9.17) is 4.74 Å². The predicted octanol–water partition coefficient (Wildman–Crippen LogP) is 2.88. The van der Waals surface area contributed by atoms with Crippen LogP contribution in [0.25, 0.3) is 16.6 Å². The highest BCUT2D eigenvalue weighted by Crippen LogP contribution is 2.19. The van der Waals surface area contributed by atoms with E-state index in [2.05, 4.69) is 5.10 Å². The summed E-state index contributed by atoms with van der Waals surface area (Å²) in [6.07, 6.45) is 0. The molecule has 2 heterocycles. The lowest BCUT2D eigenvalue weighted by Gasteiger charge is -2.16. The van der Waals surface area contributed by atoms with Gasteiger partial charge in [0.1, 0.15) is 5.52 Å². The van der Waals surface area contributed by atoms with Crippen LogP contribution in [0.3, 0.4) is 0 Å². The Kier molecular flexibility index (Phi) is 4.90. The van der Waals surface area contributed by atoms with Gasteiger partial charge in [0.05, 0.1) is 17.6 Å². The van der Waals surface area contributed by atoms with Crippen LogP contribution in [0, 0.1) is 6.92 Å². The summed E-state index contributed by atoms with van der Waals surface area (Å²) in [6.45, 7) is 2.81. The molecule has 0 bridgehead atoms. The molecule has 4 rings (SSSR count). The van der Waals surface area contributed by atoms with E-state index in [1.807, 2.05) is 55.5 Å². The number of amides is 1. The van der Waals surface area contributed by atoms with Crippen molar-refractivity contribution in [2.45, 2.75) is 13.5 Å². The van der Waals surface area contributed by atoms with Crippen molar-refractivity contribution in [3.05, 3.63) is 76.2 Å². The fourth-order valence-electron chi connectivity index (χ4n) is 3.47. The largest absolute Gasteiger partial charge is 0.383 e. The van der Waals surface area contributed by atoms with Crippen LogP contribution in [-0.4, -0.2) is 40.9 Å². The summed E-state index contributed by atoms with van der Waals surface area (Å²) in [7, 11) is 3.30. The van der Waals surface area contributed by atoms with Gasteiger partial charge < -0.3 is 14.2 Å². The van der Waals surface area contributed by atoms with Gasteiger partial charge in [0, 0.05) is 32.5 Å².